The summed E-state index contributed by atoms with van der Waals surface area (Å²) in [7, 11) is 0. The third-order valence-corrected chi connectivity index (χ3v) is 4.97. The van der Waals surface area contributed by atoms with Gasteiger partial charge in [-0.3, -0.25) is 4.79 Å². The molecule has 148 valence electrons. The summed E-state index contributed by atoms with van der Waals surface area (Å²) in [5, 5.41) is 16.3. The summed E-state index contributed by atoms with van der Waals surface area (Å²) in [6.45, 7) is 3.69. The van der Waals surface area contributed by atoms with Crippen LogP contribution in [0.4, 0.5) is 15.1 Å². The van der Waals surface area contributed by atoms with Crippen molar-refractivity contribution in [1.29, 1.82) is 0 Å². The van der Waals surface area contributed by atoms with Crippen molar-refractivity contribution < 1.29 is 14.3 Å². The lowest BCUT2D eigenvalue weighted by Gasteiger charge is -2.22. The summed E-state index contributed by atoms with van der Waals surface area (Å²) in [4.78, 5) is 32.2. The molecule has 2 aromatic carbocycles. The van der Waals surface area contributed by atoms with Gasteiger partial charge in [-0.2, -0.15) is 5.10 Å². The van der Waals surface area contributed by atoms with Crippen LogP contribution in [0, 0.1) is 5.82 Å². The average molecular weight is 395 g/mol. The zero-order chi connectivity index (χ0) is 20.7. The molecule has 1 amide bonds. The molecule has 1 atom stereocenters. The van der Waals surface area contributed by atoms with E-state index in [-0.39, 0.29) is 28.5 Å². The van der Waals surface area contributed by atoms with E-state index < -0.39 is 17.5 Å². The molecule has 0 aliphatic rings. The van der Waals surface area contributed by atoms with Gasteiger partial charge in [0.25, 0.3) is 5.56 Å². The van der Waals surface area contributed by atoms with Crippen molar-refractivity contribution in [1.82, 2.24) is 20.2 Å². The number of carbonyl (C=O) groups is 1. The highest BCUT2D eigenvalue weighted by Gasteiger charge is 2.23. The van der Waals surface area contributed by atoms with Crippen molar-refractivity contribution in [2.45, 2.75) is 26.3 Å². The summed E-state index contributed by atoms with van der Waals surface area (Å²) in [6.07, 6.45) is -0.477. The van der Waals surface area contributed by atoms with Gasteiger partial charge in [0, 0.05) is 11.6 Å². The lowest BCUT2D eigenvalue weighted by Crippen LogP contribution is -2.38. The average Bonchev–Trinajstić information content (AvgIpc) is 3.11. The second-order valence-electron chi connectivity index (χ2n) is 6.77. The van der Waals surface area contributed by atoms with Crippen LogP contribution in [-0.4, -0.2) is 37.4 Å². The fraction of sp³-hybridized carbons (Fsp3) is 0.200. The second kappa shape index (κ2) is 7.01. The molecule has 8 nitrogen and oxygen atoms in total. The maximum atomic E-state index is 14.5. The van der Waals surface area contributed by atoms with Gasteiger partial charge in [-0.25, -0.2) is 24.2 Å². The number of benzene rings is 2. The van der Waals surface area contributed by atoms with E-state index in [1.807, 2.05) is 6.92 Å². The van der Waals surface area contributed by atoms with Gasteiger partial charge >= 0.3 is 6.09 Å². The molecule has 9 heteroatoms. The predicted molar refractivity (Wildman–Crippen MR) is 108 cm³/mol. The topological polar surface area (TPSA) is 115 Å². The number of anilines is 1. The number of carboxylic acid groups (broad SMARTS) is 1. The maximum absolute atomic E-state index is 14.5. The molecule has 1 unspecified atom stereocenters. The van der Waals surface area contributed by atoms with E-state index in [9.17, 15) is 19.1 Å². The van der Waals surface area contributed by atoms with Gasteiger partial charge in [0.2, 0.25) is 5.95 Å². The summed E-state index contributed by atoms with van der Waals surface area (Å²) < 4.78 is 14.5. The normalized spacial score (nSPS) is 12.4. The van der Waals surface area contributed by atoms with E-state index in [2.05, 4.69) is 20.2 Å². The van der Waals surface area contributed by atoms with Crippen molar-refractivity contribution in [3.63, 3.8) is 0 Å². The van der Waals surface area contributed by atoms with Crippen molar-refractivity contribution in [3.05, 3.63) is 52.6 Å². The number of nitrogens with one attached hydrogen (secondary N) is 2. The Morgan fingerprint density at radius 3 is 2.83 bits per heavy atom. The van der Waals surface area contributed by atoms with Crippen LogP contribution in [0.25, 0.3) is 33.1 Å². The number of rotatable bonds is 4. The smallest absolute Gasteiger partial charge is 0.414 e. The molecule has 29 heavy (non-hydrogen) atoms. The number of aromatic amines is 2. The van der Waals surface area contributed by atoms with Crippen molar-refractivity contribution >= 4 is 33.8 Å². The monoisotopic (exact) mass is 395 g/mol. The Kier molecular flexibility index (Phi) is 4.50. The van der Waals surface area contributed by atoms with Gasteiger partial charge in [-0.15, -0.1) is 0 Å². The van der Waals surface area contributed by atoms with Crippen LogP contribution in [0.1, 0.15) is 20.3 Å². The number of aromatic nitrogens is 4. The number of nitrogens with zero attached hydrogens (tertiary/aromatic N) is 3. The summed E-state index contributed by atoms with van der Waals surface area (Å²) >= 11 is 0. The molecule has 3 N–H and O–H groups in total. The van der Waals surface area contributed by atoms with Crippen molar-refractivity contribution in [2.75, 3.05) is 4.90 Å². The Bertz CT molecular complexity index is 1300. The third kappa shape index (κ3) is 3.10. The van der Waals surface area contributed by atoms with Crippen LogP contribution in [-0.2, 0) is 0 Å². The molecule has 4 aromatic rings. The highest BCUT2D eigenvalue weighted by Crippen LogP contribution is 2.29. The van der Waals surface area contributed by atoms with Crippen LogP contribution in [0.2, 0.25) is 0 Å². The minimum absolute atomic E-state index is 0.127. The quantitative estimate of drug-likeness (QED) is 0.485. The lowest BCUT2D eigenvalue weighted by molar-refractivity contribution is 0.199. The van der Waals surface area contributed by atoms with Crippen LogP contribution >= 0.6 is 0 Å². The molecular weight excluding hydrogens is 377 g/mol. The summed E-state index contributed by atoms with van der Waals surface area (Å²) in [5.74, 6) is -0.334. The molecule has 0 saturated heterocycles. The number of H-pyrrole nitrogens is 2. The fourth-order valence-electron chi connectivity index (χ4n) is 3.31. The zero-order valence-corrected chi connectivity index (χ0v) is 15.7. The molecule has 0 aliphatic carbocycles. The van der Waals surface area contributed by atoms with Crippen LogP contribution in [0.5, 0.6) is 0 Å². The van der Waals surface area contributed by atoms with E-state index in [0.29, 0.717) is 23.0 Å². The first-order chi connectivity index (χ1) is 13.9. The van der Waals surface area contributed by atoms with Gasteiger partial charge < -0.3 is 10.1 Å². The van der Waals surface area contributed by atoms with Gasteiger partial charge in [-0.05, 0) is 37.6 Å². The van der Waals surface area contributed by atoms with E-state index in [4.69, 9.17) is 0 Å². The number of amides is 1. The lowest BCUT2D eigenvalue weighted by atomic mass is 10.0. The van der Waals surface area contributed by atoms with Gasteiger partial charge in [-0.1, -0.05) is 19.1 Å². The van der Waals surface area contributed by atoms with Crippen molar-refractivity contribution in [2.24, 2.45) is 0 Å². The largest absolute Gasteiger partial charge is 0.465 e. The summed E-state index contributed by atoms with van der Waals surface area (Å²) in [6, 6.07) is 9.12. The number of halogens is 1. The van der Waals surface area contributed by atoms with E-state index in [1.54, 1.807) is 25.1 Å². The van der Waals surface area contributed by atoms with E-state index >= 15 is 0 Å². The molecule has 4 rings (SSSR count). The van der Waals surface area contributed by atoms with Crippen LogP contribution in [0.3, 0.4) is 0 Å². The first-order valence-electron chi connectivity index (χ1n) is 9.10. The molecule has 0 aliphatic heterocycles. The maximum Gasteiger partial charge on any atom is 0.414 e. The molecule has 2 aromatic heterocycles. The molecule has 0 bridgehead atoms. The Balaban J connectivity index is 1.88. The Hall–Kier alpha value is -3.75. The highest BCUT2D eigenvalue weighted by molar-refractivity contribution is 5.96. The van der Waals surface area contributed by atoms with Gasteiger partial charge in [0.1, 0.15) is 11.5 Å². The Morgan fingerprint density at radius 1 is 1.31 bits per heavy atom. The molecule has 0 spiro atoms. The molecule has 2 heterocycles. The van der Waals surface area contributed by atoms with Crippen LogP contribution < -0.4 is 10.5 Å². The SMILES string of the molecule is CCC(C)N(C(=O)O)c1nc2ccc(-c3n[nH]c(=O)c4cccc(F)c34)cc2[nH]1. The van der Waals surface area contributed by atoms with E-state index in [0.717, 1.165) is 0 Å². The number of hydrogen-bond acceptors (Lipinski definition) is 4. The van der Waals surface area contributed by atoms with Crippen LogP contribution in [0.15, 0.2) is 41.2 Å². The predicted octanol–water partition coefficient (Wildman–Crippen LogP) is 3.89. The van der Waals surface area contributed by atoms with Gasteiger partial charge in [0.15, 0.2) is 0 Å². The number of fused-ring (bicyclic) bond motifs is 2. The van der Waals surface area contributed by atoms with Crippen molar-refractivity contribution in [3.8, 4) is 11.3 Å². The number of hydrogen-bond donors (Lipinski definition) is 3. The molecule has 0 fully saturated rings. The number of imidazole rings is 1. The van der Waals surface area contributed by atoms with Gasteiger partial charge in [0.05, 0.1) is 21.8 Å². The first kappa shape index (κ1) is 18.6. The Morgan fingerprint density at radius 2 is 2.10 bits per heavy atom. The minimum Gasteiger partial charge on any atom is -0.465 e. The summed E-state index contributed by atoms with van der Waals surface area (Å²) in [5.41, 5.74) is 1.51. The fourth-order valence-corrected chi connectivity index (χ4v) is 3.31. The minimum atomic E-state index is -1.10. The highest BCUT2D eigenvalue weighted by atomic mass is 19.1. The second-order valence-corrected chi connectivity index (χ2v) is 6.77. The Labute approximate surface area is 164 Å². The third-order valence-electron chi connectivity index (χ3n) is 4.97. The molecular formula is C20H18FN5O3. The standard InChI is InChI=1S/C20H18FN5O3/c1-3-10(2)26(20(28)29)19-22-14-8-7-11(9-15(14)23-19)17-16-12(18(27)25-24-17)5-4-6-13(16)21/h4-10H,3H2,1-2H3,(H,22,23)(H,25,27)(H,28,29). The molecule has 0 radical (unpaired) electrons. The molecule has 0 saturated carbocycles. The first-order valence-corrected chi connectivity index (χ1v) is 9.10. The van der Waals surface area contributed by atoms with E-state index in [1.165, 1.54) is 23.1 Å². The zero-order valence-electron chi connectivity index (χ0n) is 15.7.